The Balaban J connectivity index is 2.19. The molecule has 0 fully saturated rings. The van der Waals surface area contributed by atoms with Crippen LogP contribution in [0.1, 0.15) is 5.56 Å². The molecule has 0 saturated carbocycles. The first kappa shape index (κ1) is 14.6. The van der Waals surface area contributed by atoms with E-state index in [2.05, 4.69) is 21.2 Å². The standard InChI is InChI=1S/C13H8BrCl2F2N/c14-8-3-11(17)13(12(18)4-8)19-6-7-1-9(15)5-10(16)2-7/h1-5,19H,6H2. The zero-order valence-electron chi connectivity index (χ0n) is 9.48. The summed E-state index contributed by atoms with van der Waals surface area (Å²) in [5.74, 6) is -1.33. The van der Waals surface area contributed by atoms with E-state index in [1.54, 1.807) is 18.2 Å². The first-order chi connectivity index (χ1) is 8.95. The van der Waals surface area contributed by atoms with Gasteiger partial charge in [0.15, 0.2) is 0 Å². The van der Waals surface area contributed by atoms with Crippen LogP contribution in [0.25, 0.3) is 0 Å². The van der Waals surface area contributed by atoms with Gasteiger partial charge in [0.1, 0.15) is 17.3 Å². The van der Waals surface area contributed by atoms with Crippen molar-refractivity contribution in [3.63, 3.8) is 0 Å². The molecule has 0 unspecified atom stereocenters. The molecular formula is C13H8BrCl2F2N. The Bertz CT molecular complexity index is 576. The van der Waals surface area contributed by atoms with Gasteiger partial charge in [-0.15, -0.1) is 0 Å². The van der Waals surface area contributed by atoms with Gasteiger partial charge in [0.2, 0.25) is 0 Å². The van der Waals surface area contributed by atoms with Gasteiger partial charge in [-0.3, -0.25) is 0 Å². The van der Waals surface area contributed by atoms with Gasteiger partial charge in [0, 0.05) is 21.1 Å². The quantitative estimate of drug-likeness (QED) is 0.740. The van der Waals surface area contributed by atoms with E-state index in [4.69, 9.17) is 23.2 Å². The molecule has 6 heteroatoms. The van der Waals surface area contributed by atoms with E-state index < -0.39 is 11.6 Å². The van der Waals surface area contributed by atoms with Crippen molar-refractivity contribution < 1.29 is 8.78 Å². The fourth-order valence-electron chi connectivity index (χ4n) is 1.61. The molecule has 100 valence electrons. The Morgan fingerprint density at radius 1 is 0.947 bits per heavy atom. The lowest BCUT2D eigenvalue weighted by Crippen LogP contribution is -2.04. The number of halogens is 5. The van der Waals surface area contributed by atoms with Crippen LogP contribution in [0.4, 0.5) is 14.5 Å². The Morgan fingerprint density at radius 3 is 2.00 bits per heavy atom. The van der Waals surface area contributed by atoms with Crippen LogP contribution in [-0.4, -0.2) is 0 Å². The van der Waals surface area contributed by atoms with Crippen molar-refractivity contribution in [2.45, 2.75) is 6.54 Å². The van der Waals surface area contributed by atoms with Crippen molar-refractivity contribution in [1.29, 1.82) is 0 Å². The lowest BCUT2D eigenvalue weighted by atomic mass is 10.2. The monoisotopic (exact) mass is 365 g/mol. The molecule has 2 rings (SSSR count). The summed E-state index contributed by atoms with van der Waals surface area (Å²) in [4.78, 5) is 0. The maximum absolute atomic E-state index is 13.6. The third-order valence-electron chi connectivity index (χ3n) is 2.40. The molecule has 1 nitrogen and oxygen atoms in total. The van der Waals surface area contributed by atoms with Crippen molar-refractivity contribution in [1.82, 2.24) is 0 Å². The first-order valence-electron chi connectivity index (χ1n) is 5.29. The zero-order chi connectivity index (χ0) is 14.0. The maximum atomic E-state index is 13.6. The molecule has 0 heterocycles. The molecule has 0 aromatic heterocycles. The average molecular weight is 367 g/mol. The minimum absolute atomic E-state index is 0.181. The minimum Gasteiger partial charge on any atom is -0.376 e. The summed E-state index contributed by atoms with van der Waals surface area (Å²) in [6, 6.07) is 7.32. The third kappa shape index (κ3) is 3.81. The fourth-order valence-corrected chi connectivity index (χ4v) is 2.59. The van der Waals surface area contributed by atoms with Crippen molar-refractivity contribution in [2.24, 2.45) is 0 Å². The number of anilines is 1. The van der Waals surface area contributed by atoms with Gasteiger partial charge in [-0.25, -0.2) is 8.78 Å². The summed E-state index contributed by atoms with van der Waals surface area (Å²) in [5, 5.41) is 3.64. The van der Waals surface area contributed by atoms with Gasteiger partial charge < -0.3 is 5.32 Å². The number of benzene rings is 2. The second kappa shape index (κ2) is 6.07. The van der Waals surface area contributed by atoms with Crippen LogP contribution in [0.15, 0.2) is 34.8 Å². The van der Waals surface area contributed by atoms with Gasteiger partial charge in [-0.05, 0) is 35.9 Å². The Kier molecular flexibility index (Phi) is 4.66. The van der Waals surface area contributed by atoms with Crippen LogP contribution in [0.2, 0.25) is 10.0 Å². The summed E-state index contributed by atoms with van der Waals surface area (Å²) in [6.45, 7) is 0.218. The molecule has 0 bridgehead atoms. The SMILES string of the molecule is Fc1cc(Br)cc(F)c1NCc1cc(Cl)cc(Cl)c1. The van der Waals surface area contributed by atoms with E-state index in [0.29, 0.717) is 14.5 Å². The van der Waals surface area contributed by atoms with Crippen molar-refractivity contribution in [3.05, 3.63) is 62.0 Å². The van der Waals surface area contributed by atoms with Gasteiger partial charge in [0.25, 0.3) is 0 Å². The van der Waals surface area contributed by atoms with Crippen molar-refractivity contribution >= 4 is 44.8 Å². The molecule has 2 aromatic carbocycles. The summed E-state index contributed by atoms with van der Waals surface area (Å²) < 4.78 is 27.5. The molecule has 0 aliphatic rings. The minimum atomic E-state index is -0.667. The molecular weight excluding hydrogens is 359 g/mol. The van der Waals surface area contributed by atoms with E-state index in [-0.39, 0.29) is 12.2 Å². The lowest BCUT2D eigenvalue weighted by molar-refractivity contribution is 0.586. The highest BCUT2D eigenvalue weighted by Gasteiger charge is 2.10. The smallest absolute Gasteiger partial charge is 0.150 e. The summed E-state index contributed by atoms with van der Waals surface area (Å²) >= 11 is 14.7. The van der Waals surface area contributed by atoms with Crippen LogP contribution in [0.5, 0.6) is 0 Å². The van der Waals surface area contributed by atoms with E-state index >= 15 is 0 Å². The number of rotatable bonds is 3. The summed E-state index contributed by atoms with van der Waals surface area (Å²) in [7, 11) is 0. The predicted molar refractivity (Wildman–Crippen MR) is 77.8 cm³/mol. The lowest BCUT2D eigenvalue weighted by Gasteiger charge is -2.10. The predicted octanol–water partition coefficient (Wildman–Crippen LogP) is 5.65. The molecule has 1 N–H and O–H groups in total. The highest BCUT2D eigenvalue weighted by atomic mass is 79.9. The molecule has 0 saturated heterocycles. The zero-order valence-corrected chi connectivity index (χ0v) is 12.6. The number of hydrogen-bond acceptors (Lipinski definition) is 1. The number of nitrogens with one attached hydrogen (secondary N) is 1. The van der Waals surface area contributed by atoms with Crippen LogP contribution < -0.4 is 5.32 Å². The number of hydrogen-bond donors (Lipinski definition) is 1. The Morgan fingerprint density at radius 2 is 1.47 bits per heavy atom. The summed E-state index contributed by atoms with van der Waals surface area (Å²) in [6.07, 6.45) is 0. The molecule has 0 aliphatic carbocycles. The highest BCUT2D eigenvalue weighted by Crippen LogP contribution is 2.25. The van der Waals surface area contributed by atoms with Gasteiger partial charge in [-0.2, -0.15) is 0 Å². The topological polar surface area (TPSA) is 12.0 Å². The largest absolute Gasteiger partial charge is 0.376 e. The van der Waals surface area contributed by atoms with Gasteiger partial charge >= 0.3 is 0 Å². The average Bonchev–Trinajstić information content (AvgIpc) is 2.25. The van der Waals surface area contributed by atoms with E-state index in [1.807, 2.05) is 0 Å². The van der Waals surface area contributed by atoms with Crippen LogP contribution >= 0.6 is 39.1 Å². The second-order valence-electron chi connectivity index (χ2n) is 3.88. The van der Waals surface area contributed by atoms with Gasteiger partial charge in [0.05, 0.1) is 0 Å². The first-order valence-corrected chi connectivity index (χ1v) is 6.84. The van der Waals surface area contributed by atoms with Crippen LogP contribution in [0, 0.1) is 11.6 Å². The normalized spacial score (nSPS) is 10.6. The Labute approximate surface area is 127 Å². The molecule has 0 radical (unpaired) electrons. The van der Waals surface area contributed by atoms with Crippen molar-refractivity contribution in [2.75, 3.05) is 5.32 Å². The molecule has 0 spiro atoms. The van der Waals surface area contributed by atoms with Crippen LogP contribution in [-0.2, 0) is 6.54 Å². The molecule has 2 aromatic rings. The third-order valence-corrected chi connectivity index (χ3v) is 3.29. The van der Waals surface area contributed by atoms with Crippen molar-refractivity contribution in [3.8, 4) is 0 Å². The van der Waals surface area contributed by atoms with E-state index in [1.165, 1.54) is 12.1 Å². The molecule has 0 amide bonds. The van der Waals surface area contributed by atoms with Crippen LogP contribution in [0.3, 0.4) is 0 Å². The van der Waals surface area contributed by atoms with Gasteiger partial charge in [-0.1, -0.05) is 39.1 Å². The fraction of sp³-hybridized carbons (Fsp3) is 0.0769. The molecule has 0 aliphatic heterocycles. The van der Waals surface area contributed by atoms with E-state index in [9.17, 15) is 8.78 Å². The van der Waals surface area contributed by atoms with E-state index in [0.717, 1.165) is 5.56 Å². The summed E-state index contributed by atoms with van der Waals surface area (Å²) in [5.41, 5.74) is 0.554. The highest BCUT2D eigenvalue weighted by molar-refractivity contribution is 9.10. The molecule has 19 heavy (non-hydrogen) atoms. The maximum Gasteiger partial charge on any atom is 0.150 e. The second-order valence-corrected chi connectivity index (χ2v) is 5.66. The molecule has 0 atom stereocenters. The Hall–Kier alpha value is -0.840.